The lowest BCUT2D eigenvalue weighted by molar-refractivity contribution is -0.137. The van der Waals surface area contributed by atoms with E-state index in [0.29, 0.717) is 18.5 Å². The van der Waals surface area contributed by atoms with Crippen molar-refractivity contribution in [2.45, 2.75) is 50.1 Å². The fourth-order valence-electron chi connectivity index (χ4n) is 4.64. The highest BCUT2D eigenvalue weighted by Gasteiger charge is 2.68. The van der Waals surface area contributed by atoms with Crippen molar-refractivity contribution in [3.63, 3.8) is 0 Å². The second kappa shape index (κ2) is 9.62. The van der Waals surface area contributed by atoms with Gasteiger partial charge in [-0.15, -0.1) is 0 Å². The van der Waals surface area contributed by atoms with Gasteiger partial charge >= 0.3 is 5.97 Å². The summed E-state index contributed by atoms with van der Waals surface area (Å²) in [6, 6.07) is 8.78. The zero-order valence-corrected chi connectivity index (χ0v) is 17.2. The number of unbranched alkanes of at least 4 members (excludes halogenated alkanes) is 1. The quantitative estimate of drug-likeness (QED) is 0.279. The number of fused-ring (bicyclic) bond motifs is 5. The normalized spacial score (nSPS) is 30.2. The summed E-state index contributed by atoms with van der Waals surface area (Å²) in [5.74, 6) is -0.875. The van der Waals surface area contributed by atoms with Gasteiger partial charge in [-0.3, -0.25) is 14.4 Å². The monoisotopic (exact) mass is 428 g/mol. The number of ether oxygens (including phenoxy) is 2. The summed E-state index contributed by atoms with van der Waals surface area (Å²) < 4.78 is 11.8. The highest BCUT2D eigenvalue weighted by Crippen LogP contribution is 2.54. The van der Waals surface area contributed by atoms with E-state index in [0.717, 1.165) is 12.8 Å². The summed E-state index contributed by atoms with van der Waals surface area (Å²) in [7, 11) is 0. The van der Waals surface area contributed by atoms with Gasteiger partial charge in [0.15, 0.2) is 0 Å². The zero-order chi connectivity index (χ0) is 21.8. The number of epoxide rings is 1. The molecule has 0 unspecified atom stereocenters. The van der Waals surface area contributed by atoms with E-state index in [1.807, 2.05) is 12.1 Å². The lowest BCUT2D eigenvalue weighted by Gasteiger charge is -2.25. The molecule has 0 saturated carbocycles. The van der Waals surface area contributed by atoms with E-state index < -0.39 is 5.97 Å². The molecule has 8 heteroatoms. The Morgan fingerprint density at radius 2 is 1.65 bits per heavy atom. The molecule has 3 heterocycles. The zero-order valence-electron chi connectivity index (χ0n) is 17.2. The third-order valence-electron chi connectivity index (χ3n) is 6.23. The van der Waals surface area contributed by atoms with E-state index in [1.54, 1.807) is 24.3 Å². The number of amides is 2. The predicted molar refractivity (Wildman–Crippen MR) is 111 cm³/mol. The van der Waals surface area contributed by atoms with Crippen molar-refractivity contribution in [2.24, 2.45) is 11.8 Å². The molecule has 1 aromatic carbocycles. The summed E-state index contributed by atoms with van der Waals surface area (Å²) in [6.45, 7) is 0.400. The van der Waals surface area contributed by atoms with E-state index in [1.165, 1.54) is 0 Å². The molecule has 0 aromatic heterocycles. The molecule has 1 aromatic rings. The number of allylic oxidation sites excluding steroid dienone is 2. The van der Waals surface area contributed by atoms with Crippen molar-refractivity contribution < 1.29 is 29.0 Å². The molecule has 2 amide bonds. The first-order valence-electron chi connectivity index (χ1n) is 10.8. The predicted octanol–water partition coefficient (Wildman–Crippen LogP) is 1.51. The van der Waals surface area contributed by atoms with Crippen LogP contribution in [0.2, 0.25) is 0 Å². The van der Waals surface area contributed by atoms with Gasteiger partial charge in [-0.05, 0) is 37.3 Å². The van der Waals surface area contributed by atoms with Gasteiger partial charge in [-0.1, -0.05) is 30.4 Å². The van der Waals surface area contributed by atoms with E-state index >= 15 is 0 Å². The molecule has 0 aliphatic carbocycles. The molecule has 3 aliphatic rings. The topological polar surface area (TPSA) is 117 Å². The van der Waals surface area contributed by atoms with Crippen LogP contribution in [0, 0.1) is 11.8 Å². The van der Waals surface area contributed by atoms with Crippen LogP contribution in [0.15, 0.2) is 42.5 Å². The van der Waals surface area contributed by atoms with Crippen LogP contribution in [0.1, 0.15) is 36.0 Å². The molecule has 3 saturated heterocycles. The minimum Gasteiger partial charge on any atom is -0.481 e. The van der Waals surface area contributed by atoms with Gasteiger partial charge in [0.05, 0.1) is 18.8 Å². The van der Waals surface area contributed by atoms with Crippen LogP contribution in [0.4, 0.5) is 0 Å². The van der Waals surface area contributed by atoms with E-state index in [-0.39, 0.29) is 61.0 Å². The number of hydrogen-bond donors (Lipinski definition) is 3. The Morgan fingerprint density at radius 1 is 0.935 bits per heavy atom. The first kappa shape index (κ1) is 21.5. The Balaban J connectivity index is 1.22. The number of nitrogens with one attached hydrogen (secondary N) is 2. The molecule has 166 valence electrons. The molecule has 3 N–H and O–H groups in total. The van der Waals surface area contributed by atoms with Crippen LogP contribution in [-0.4, -0.2) is 60.4 Å². The number of aliphatic carboxylic acids is 1. The molecule has 6 atom stereocenters. The van der Waals surface area contributed by atoms with Gasteiger partial charge in [-0.2, -0.15) is 0 Å². The maximum absolute atomic E-state index is 12.3. The standard InChI is InChI=1S/C23H28N2O6/c26-17(13-25-23(29)14-8-4-3-5-9-14)24-12-16-15(10-6-1-2-7-11-18(27)28)19-21-22(31-21)20(16)30-19/h1,3-6,8-9,15-16,19-22H,2,7,10-13H2,(H,24,26)(H,25,29)(H,27,28)/b6-1-/t15-,16+,19+,20-,21-,22+/m0/s1. The van der Waals surface area contributed by atoms with Crippen LogP contribution in [0.3, 0.4) is 0 Å². The van der Waals surface area contributed by atoms with Crippen molar-refractivity contribution >= 4 is 17.8 Å². The van der Waals surface area contributed by atoms with Crippen molar-refractivity contribution in [1.82, 2.24) is 10.6 Å². The Labute approximate surface area is 181 Å². The van der Waals surface area contributed by atoms with Gasteiger partial charge in [0.2, 0.25) is 5.91 Å². The second-order valence-corrected chi connectivity index (χ2v) is 8.30. The number of carbonyl (C=O) groups is 3. The number of carbonyl (C=O) groups excluding carboxylic acids is 2. The number of carboxylic acid groups (broad SMARTS) is 1. The SMILES string of the molecule is O=C(O)CCC/C=C\C[C@H]1[C@@H](CNC(=O)CNC(=O)c2ccccc2)[C@@H]2O[C@H]1[C@@H]1O[C@@H]12. The number of rotatable bonds is 11. The number of hydrogen-bond acceptors (Lipinski definition) is 5. The molecule has 0 radical (unpaired) electrons. The van der Waals surface area contributed by atoms with Gasteiger partial charge < -0.3 is 25.2 Å². The van der Waals surface area contributed by atoms with Crippen LogP contribution < -0.4 is 10.6 Å². The Morgan fingerprint density at radius 3 is 2.39 bits per heavy atom. The highest BCUT2D eigenvalue weighted by atomic mass is 16.7. The second-order valence-electron chi connectivity index (χ2n) is 8.30. The van der Waals surface area contributed by atoms with Crippen LogP contribution in [-0.2, 0) is 19.1 Å². The lowest BCUT2D eigenvalue weighted by Crippen LogP contribution is -2.44. The van der Waals surface area contributed by atoms with Crippen molar-refractivity contribution in [3.05, 3.63) is 48.0 Å². The molecule has 4 rings (SSSR count). The third kappa shape index (κ3) is 5.14. The average molecular weight is 428 g/mol. The third-order valence-corrected chi connectivity index (χ3v) is 6.23. The summed E-state index contributed by atoms with van der Waals surface area (Å²) in [4.78, 5) is 34.9. The summed E-state index contributed by atoms with van der Waals surface area (Å²) in [6.07, 6.45) is 6.82. The summed E-state index contributed by atoms with van der Waals surface area (Å²) >= 11 is 0. The first-order chi connectivity index (χ1) is 15.0. The fourth-order valence-corrected chi connectivity index (χ4v) is 4.64. The lowest BCUT2D eigenvalue weighted by atomic mass is 9.77. The Bertz CT molecular complexity index is 842. The first-order valence-corrected chi connectivity index (χ1v) is 10.8. The maximum atomic E-state index is 12.3. The molecule has 0 spiro atoms. The Kier molecular flexibility index (Phi) is 6.67. The molecule has 31 heavy (non-hydrogen) atoms. The van der Waals surface area contributed by atoms with Crippen molar-refractivity contribution in [3.8, 4) is 0 Å². The smallest absolute Gasteiger partial charge is 0.303 e. The van der Waals surface area contributed by atoms with Crippen LogP contribution >= 0.6 is 0 Å². The highest BCUT2D eigenvalue weighted by molar-refractivity contribution is 5.96. The summed E-state index contributed by atoms with van der Waals surface area (Å²) in [5.41, 5.74) is 0.518. The minimum absolute atomic E-state index is 0.000352. The van der Waals surface area contributed by atoms with E-state index in [4.69, 9.17) is 14.6 Å². The molecule has 3 fully saturated rings. The maximum Gasteiger partial charge on any atom is 0.303 e. The van der Waals surface area contributed by atoms with Crippen LogP contribution in [0.5, 0.6) is 0 Å². The largest absolute Gasteiger partial charge is 0.481 e. The van der Waals surface area contributed by atoms with Gasteiger partial charge in [0.1, 0.15) is 12.2 Å². The average Bonchev–Trinajstić information content (AvgIpc) is 3.40. The number of carboxylic acids is 1. The van der Waals surface area contributed by atoms with Gasteiger partial charge in [0.25, 0.3) is 5.91 Å². The van der Waals surface area contributed by atoms with E-state index in [2.05, 4.69) is 16.7 Å². The van der Waals surface area contributed by atoms with Gasteiger partial charge in [-0.25, -0.2) is 0 Å². The van der Waals surface area contributed by atoms with Crippen molar-refractivity contribution in [2.75, 3.05) is 13.1 Å². The molecule has 8 nitrogen and oxygen atoms in total. The van der Waals surface area contributed by atoms with Crippen molar-refractivity contribution in [1.29, 1.82) is 0 Å². The molecular formula is C23H28N2O6. The fraction of sp³-hybridized carbons (Fsp3) is 0.522. The molecule has 3 aliphatic heterocycles. The van der Waals surface area contributed by atoms with E-state index in [9.17, 15) is 14.4 Å². The van der Waals surface area contributed by atoms with Gasteiger partial charge in [0, 0.05) is 24.4 Å². The molecular weight excluding hydrogens is 400 g/mol. The molecule has 2 bridgehead atoms. The Hall–Kier alpha value is -2.71. The minimum atomic E-state index is -0.775. The summed E-state index contributed by atoms with van der Waals surface area (Å²) in [5, 5.41) is 14.3. The number of benzene rings is 1. The van der Waals surface area contributed by atoms with Crippen LogP contribution in [0.25, 0.3) is 0 Å².